The van der Waals surface area contributed by atoms with E-state index >= 15 is 0 Å². The van der Waals surface area contributed by atoms with Crippen LogP contribution in [0.25, 0.3) is 0 Å². The summed E-state index contributed by atoms with van der Waals surface area (Å²) < 4.78 is 43.9. The number of rotatable bonds is 7. The second-order valence-electron chi connectivity index (χ2n) is 6.21. The summed E-state index contributed by atoms with van der Waals surface area (Å²) in [7, 11) is 0.757. The Kier molecular flexibility index (Phi) is 5.76. The molecule has 0 aliphatic carbocycles. The van der Waals surface area contributed by atoms with Gasteiger partial charge in [0.25, 0.3) is 0 Å². The first kappa shape index (κ1) is 20.0. The summed E-state index contributed by atoms with van der Waals surface area (Å²) in [6.45, 7) is 0.0136. The number of sulfonamides is 1. The second-order valence-corrected chi connectivity index (χ2v) is 7.98. The fraction of sp³-hybridized carbons (Fsp3) is 0.316. The van der Waals surface area contributed by atoms with Crippen LogP contribution in [0.3, 0.4) is 0 Å². The number of methoxy groups -OCH3 is 3. The molecule has 0 radical (unpaired) electrons. The number of carbonyl (C=O) groups excluding carboxylic acids is 1. The number of carbonyl (C=O) groups is 1. The molecule has 0 spiro atoms. The van der Waals surface area contributed by atoms with Crippen LogP contribution in [0.4, 0.5) is 5.69 Å². The number of ether oxygens (including phenoxy) is 3. The molecule has 1 amide bonds. The molecule has 0 saturated heterocycles. The number of nitrogens with one attached hydrogen (secondary N) is 2. The summed E-state index contributed by atoms with van der Waals surface area (Å²) in [5.74, 6) is 1.37. The minimum atomic E-state index is -3.76. The fourth-order valence-electron chi connectivity index (χ4n) is 3.01. The number of hydrogen-bond acceptors (Lipinski definition) is 6. The van der Waals surface area contributed by atoms with Crippen molar-refractivity contribution in [3.8, 4) is 17.2 Å². The SMILES string of the molecule is COc1cc(OC)c(OC)cc1CNS(=O)(=O)c1ccc2c(c1)CCC(=O)N2. The van der Waals surface area contributed by atoms with Crippen molar-refractivity contribution >= 4 is 21.6 Å². The van der Waals surface area contributed by atoms with E-state index < -0.39 is 10.0 Å². The average molecular weight is 406 g/mol. The lowest BCUT2D eigenvalue weighted by Gasteiger charge is -2.18. The molecule has 0 bridgehead atoms. The van der Waals surface area contributed by atoms with Crippen LogP contribution in [0.15, 0.2) is 35.2 Å². The third-order valence-electron chi connectivity index (χ3n) is 4.52. The van der Waals surface area contributed by atoms with Crippen LogP contribution in [-0.4, -0.2) is 35.7 Å². The Morgan fingerprint density at radius 1 is 0.964 bits per heavy atom. The Labute approximate surface area is 163 Å². The molecule has 28 heavy (non-hydrogen) atoms. The van der Waals surface area contributed by atoms with Gasteiger partial charge in [0.2, 0.25) is 15.9 Å². The second kappa shape index (κ2) is 8.07. The number of aryl methyl sites for hydroxylation is 1. The molecule has 2 aromatic carbocycles. The zero-order valence-corrected chi connectivity index (χ0v) is 16.7. The molecule has 9 heteroatoms. The van der Waals surface area contributed by atoms with Gasteiger partial charge in [-0.3, -0.25) is 4.79 Å². The largest absolute Gasteiger partial charge is 0.496 e. The van der Waals surface area contributed by atoms with Crippen molar-refractivity contribution in [3.63, 3.8) is 0 Å². The standard InChI is InChI=1S/C19H22N2O6S/c1-25-16-10-18(27-3)17(26-2)9-13(16)11-20-28(23,24)14-5-6-15-12(8-14)4-7-19(22)21-15/h5-6,8-10,20H,4,7,11H2,1-3H3,(H,21,22). The molecular formula is C19H22N2O6S. The van der Waals surface area contributed by atoms with E-state index in [-0.39, 0.29) is 17.3 Å². The van der Waals surface area contributed by atoms with Gasteiger partial charge in [-0.1, -0.05) is 0 Å². The van der Waals surface area contributed by atoms with Gasteiger partial charge in [0, 0.05) is 30.3 Å². The van der Waals surface area contributed by atoms with E-state index in [4.69, 9.17) is 14.2 Å². The van der Waals surface area contributed by atoms with E-state index in [9.17, 15) is 13.2 Å². The molecule has 1 aliphatic heterocycles. The zero-order valence-electron chi connectivity index (χ0n) is 15.9. The highest BCUT2D eigenvalue weighted by Crippen LogP contribution is 2.34. The summed E-state index contributed by atoms with van der Waals surface area (Å²) in [6, 6.07) is 7.98. The Morgan fingerprint density at radius 3 is 2.32 bits per heavy atom. The summed E-state index contributed by atoms with van der Waals surface area (Å²) in [6.07, 6.45) is 0.848. The van der Waals surface area contributed by atoms with Gasteiger partial charge in [-0.25, -0.2) is 13.1 Å². The first-order valence-electron chi connectivity index (χ1n) is 8.59. The van der Waals surface area contributed by atoms with Gasteiger partial charge in [-0.05, 0) is 36.2 Å². The van der Waals surface area contributed by atoms with E-state index in [0.717, 1.165) is 5.56 Å². The van der Waals surface area contributed by atoms with Gasteiger partial charge < -0.3 is 19.5 Å². The van der Waals surface area contributed by atoms with Gasteiger partial charge >= 0.3 is 0 Å². The van der Waals surface area contributed by atoms with Crippen LogP contribution < -0.4 is 24.2 Å². The highest BCUT2D eigenvalue weighted by molar-refractivity contribution is 7.89. The monoisotopic (exact) mass is 406 g/mol. The fourth-order valence-corrected chi connectivity index (χ4v) is 4.07. The van der Waals surface area contributed by atoms with Gasteiger partial charge in [-0.2, -0.15) is 0 Å². The molecule has 8 nitrogen and oxygen atoms in total. The predicted octanol–water partition coefficient (Wildman–Crippen LogP) is 2.08. The summed E-state index contributed by atoms with van der Waals surface area (Å²) in [5, 5.41) is 2.74. The van der Waals surface area contributed by atoms with Gasteiger partial charge in [0.15, 0.2) is 11.5 Å². The maximum absolute atomic E-state index is 12.7. The number of fused-ring (bicyclic) bond motifs is 1. The topological polar surface area (TPSA) is 103 Å². The third kappa shape index (κ3) is 4.05. The van der Waals surface area contributed by atoms with Crippen molar-refractivity contribution in [1.29, 1.82) is 0 Å². The molecule has 0 saturated carbocycles. The Balaban J connectivity index is 1.83. The Bertz CT molecular complexity index is 1000. The number of hydrogen-bond donors (Lipinski definition) is 2. The molecule has 2 N–H and O–H groups in total. The minimum absolute atomic E-state index is 0.0136. The van der Waals surface area contributed by atoms with E-state index in [1.54, 1.807) is 24.3 Å². The van der Waals surface area contributed by atoms with Crippen LogP contribution in [0.1, 0.15) is 17.5 Å². The first-order chi connectivity index (χ1) is 13.4. The Hall–Kier alpha value is -2.78. The summed E-state index contributed by atoms with van der Waals surface area (Å²) in [5.41, 5.74) is 2.05. The predicted molar refractivity (Wildman–Crippen MR) is 104 cm³/mol. The summed E-state index contributed by atoms with van der Waals surface area (Å²) in [4.78, 5) is 11.6. The third-order valence-corrected chi connectivity index (χ3v) is 5.92. The van der Waals surface area contributed by atoms with Crippen molar-refractivity contribution in [2.45, 2.75) is 24.3 Å². The quantitative estimate of drug-likeness (QED) is 0.730. The Morgan fingerprint density at radius 2 is 1.64 bits per heavy atom. The molecule has 3 rings (SSSR count). The molecular weight excluding hydrogens is 384 g/mol. The molecule has 2 aromatic rings. The van der Waals surface area contributed by atoms with Crippen molar-refractivity contribution in [2.75, 3.05) is 26.6 Å². The molecule has 1 heterocycles. The highest BCUT2D eigenvalue weighted by atomic mass is 32.2. The molecule has 0 aromatic heterocycles. The first-order valence-corrected chi connectivity index (χ1v) is 10.1. The van der Waals surface area contributed by atoms with Crippen molar-refractivity contribution in [3.05, 3.63) is 41.5 Å². The van der Waals surface area contributed by atoms with Crippen molar-refractivity contribution < 1.29 is 27.4 Å². The van der Waals surface area contributed by atoms with Crippen LogP contribution >= 0.6 is 0 Å². The molecule has 0 fully saturated rings. The number of benzene rings is 2. The maximum atomic E-state index is 12.7. The number of anilines is 1. The van der Waals surface area contributed by atoms with Crippen molar-refractivity contribution in [2.24, 2.45) is 0 Å². The van der Waals surface area contributed by atoms with Gasteiger partial charge in [-0.15, -0.1) is 0 Å². The van der Waals surface area contributed by atoms with Crippen LogP contribution in [0.2, 0.25) is 0 Å². The highest BCUT2D eigenvalue weighted by Gasteiger charge is 2.21. The number of amides is 1. The zero-order chi connectivity index (χ0) is 20.3. The maximum Gasteiger partial charge on any atom is 0.240 e. The molecule has 150 valence electrons. The van der Waals surface area contributed by atoms with Crippen LogP contribution in [0.5, 0.6) is 17.2 Å². The average Bonchev–Trinajstić information content (AvgIpc) is 2.71. The van der Waals surface area contributed by atoms with Crippen LogP contribution in [0, 0.1) is 0 Å². The van der Waals surface area contributed by atoms with Crippen molar-refractivity contribution in [1.82, 2.24) is 4.72 Å². The van der Waals surface area contributed by atoms with Gasteiger partial charge in [0.1, 0.15) is 5.75 Å². The van der Waals surface area contributed by atoms with E-state index in [2.05, 4.69) is 10.0 Å². The van der Waals surface area contributed by atoms with E-state index in [1.165, 1.54) is 27.4 Å². The van der Waals surface area contributed by atoms with E-state index in [0.29, 0.717) is 41.3 Å². The van der Waals surface area contributed by atoms with E-state index in [1.807, 2.05) is 0 Å². The minimum Gasteiger partial charge on any atom is -0.496 e. The lowest BCUT2D eigenvalue weighted by molar-refractivity contribution is -0.116. The molecule has 0 unspecified atom stereocenters. The van der Waals surface area contributed by atoms with Gasteiger partial charge in [0.05, 0.1) is 26.2 Å². The van der Waals surface area contributed by atoms with Crippen LogP contribution in [-0.2, 0) is 27.8 Å². The molecule has 0 atom stereocenters. The summed E-state index contributed by atoms with van der Waals surface area (Å²) >= 11 is 0. The molecule has 1 aliphatic rings. The normalized spacial score (nSPS) is 13.5. The lowest BCUT2D eigenvalue weighted by atomic mass is 10.0. The lowest BCUT2D eigenvalue weighted by Crippen LogP contribution is -2.24. The smallest absolute Gasteiger partial charge is 0.240 e.